The molecule has 162 valence electrons. The van der Waals surface area contributed by atoms with Crippen molar-refractivity contribution in [1.82, 2.24) is 34.3 Å². The smallest absolute Gasteiger partial charge is 0.245 e. The summed E-state index contributed by atoms with van der Waals surface area (Å²) in [5.74, 6) is 1.57. The van der Waals surface area contributed by atoms with Crippen LogP contribution in [0.5, 0.6) is 0 Å². The lowest BCUT2D eigenvalue weighted by Gasteiger charge is -2.17. The number of fused-ring (bicyclic) bond motifs is 1. The number of aromatic nitrogens is 7. The number of hydrogen-bond donors (Lipinski definition) is 2. The number of nitrogens with two attached hydrogens (primary N) is 1. The topological polar surface area (TPSA) is 136 Å². The predicted octanol–water partition coefficient (Wildman–Crippen LogP) is 1.63. The zero-order chi connectivity index (χ0) is 21.8. The minimum atomic E-state index is -0.812. The maximum atomic E-state index is 10.0. The van der Waals surface area contributed by atoms with E-state index in [0.29, 0.717) is 23.8 Å². The molecule has 5 rings (SSSR count). The molecular formula is C20H25N9O2. The second-order valence-electron chi connectivity index (χ2n) is 8.63. The Hall–Kier alpha value is -3.47. The highest BCUT2D eigenvalue weighted by Gasteiger charge is 2.29. The molecule has 31 heavy (non-hydrogen) atoms. The molecule has 0 radical (unpaired) electrons. The number of anilines is 2. The van der Waals surface area contributed by atoms with E-state index in [0.717, 1.165) is 36.6 Å². The van der Waals surface area contributed by atoms with E-state index in [1.807, 2.05) is 19.3 Å². The second-order valence-corrected chi connectivity index (χ2v) is 8.63. The van der Waals surface area contributed by atoms with Crippen LogP contribution in [0.3, 0.4) is 0 Å². The molecule has 5 heterocycles. The molecule has 1 aliphatic rings. The molecule has 0 amide bonds. The van der Waals surface area contributed by atoms with Gasteiger partial charge in [0.25, 0.3) is 0 Å². The second kappa shape index (κ2) is 7.05. The van der Waals surface area contributed by atoms with Crippen molar-refractivity contribution in [3.8, 4) is 11.6 Å². The summed E-state index contributed by atoms with van der Waals surface area (Å²) in [6.07, 6.45) is 7.80. The summed E-state index contributed by atoms with van der Waals surface area (Å²) in [7, 11) is 0. The Morgan fingerprint density at radius 1 is 1.32 bits per heavy atom. The first-order chi connectivity index (χ1) is 14.8. The molecule has 0 saturated carbocycles. The van der Waals surface area contributed by atoms with Crippen LogP contribution in [0.25, 0.3) is 17.2 Å². The molecule has 4 aromatic rings. The minimum absolute atomic E-state index is 0.168. The highest BCUT2D eigenvalue weighted by atomic mass is 16.3. The van der Waals surface area contributed by atoms with Gasteiger partial charge >= 0.3 is 0 Å². The lowest BCUT2D eigenvalue weighted by Crippen LogP contribution is -2.26. The number of nitrogen functional groups attached to an aromatic ring is 1. The van der Waals surface area contributed by atoms with Crippen molar-refractivity contribution < 1.29 is 9.52 Å². The van der Waals surface area contributed by atoms with Gasteiger partial charge in [-0.25, -0.2) is 15.0 Å². The van der Waals surface area contributed by atoms with Gasteiger partial charge in [0.15, 0.2) is 11.5 Å². The van der Waals surface area contributed by atoms with E-state index in [9.17, 15) is 5.11 Å². The van der Waals surface area contributed by atoms with Gasteiger partial charge in [-0.15, -0.1) is 5.10 Å². The Morgan fingerprint density at radius 2 is 2.16 bits per heavy atom. The van der Waals surface area contributed by atoms with E-state index >= 15 is 0 Å². The van der Waals surface area contributed by atoms with E-state index in [-0.39, 0.29) is 11.9 Å². The third-order valence-corrected chi connectivity index (χ3v) is 5.48. The largest absolute Gasteiger partial charge is 0.443 e. The molecule has 1 aliphatic heterocycles. The Labute approximate surface area is 178 Å². The number of hydrogen-bond acceptors (Lipinski definition) is 9. The molecule has 1 saturated heterocycles. The predicted molar refractivity (Wildman–Crippen MR) is 114 cm³/mol. The van der Waals surface area contributed by atoms with E-state index in [1.165, 1.54) is 6.26 Å². The summed E-state index contributed by atoms with van der Waals surface area (Å²) < 4.78 is 8.74. The van der Waals surface area contributed by atoms with Gasteiger partial charge in [0.2, 0.25) is 11.8 Å². The lowest BCUT2D eigenvalue weighted by atomic mass is 10.1. The molecule has 0 spiro atoms. The summed E-state index contributed by atoms with van der Waals surface area (Å²) >= 11 is 0. The highest BCUT2D eigenvalue weighted by molar-refractivity contribution is 5.65. The zero-order valence-corrected chi connectivity index (χ0v) is 17.7. The maximum absolute atomic E-state index is 10.0. The van der Waals surface area contributed by atoms with Gasteiger partial charge < -0.3 is 20.2 Å². The fourth-order valence-corrected chi connectivity index (χ4v) is 4.01. The van der Waals surface area contributed by atoms with Gasteiger partial charge in [-0.05, 0) is 27.2 Å². The quantitative estimate of drug-likeness (QED) is 0.491. The fraction of sp³-hybridized carbons (Fsp3) is 0.450. The SMILES string of the molecule is Cc1c(-c2ncco2)nc(N)n2nc(C3CCN(c4cnn(CC(C)(C)O)c4)C3)nc12. The van der Waals surface area contributed by atoms with Crippen molar-refractivity contribution in [2.45, 2.75) is 45.3 Å². The number of nitrogens with zero attached hydrogens (tertiary/aromatic N) is 8. The first kappa shape index (κ1) is 19.5. The molecule has 0 aliphatic carbocycles. The van der Waals surface area contributed by atoms with Crippen LogP contribution in [0.2, 0.25) is 0 Å². The number of rotatable bonds is 5. The Balaban J connectivity index is 1.40. The van der Waals surface area contributed by atoms with Crippen molar-refractivity contribution >= 4 is 17.3 Å². The molecule has 4 aromatic heterocycles. The van der Waals surface area contributed by atoms with Gasteiger partial charge in [0, 0.05) is 30.8 Å². The van der Waals surface area contributed by atoms with Gasteiger partial charge in [-0.1, -0.05) is 0 Å². The molecule has 3 N–H and O–H groups in total. The molecule has 1 fully saturated rings. The minimum Gasteiger partial charge on any atom is -0.443 e. The average Bonchev–Trinajstić information content (AvgIpc) is 3.49. The third-order valence-electron chi connectivity index (χ3n) is 5.48. The van der Waals surface area contributed by atoms with Crippen molar-refractivity contribution in [3.63, 3.8) is 0 Å². The average molecular weight is 423 g/mol. The Morgan fingerprint density at radius 3 is 2.90 bits per heavy atom. The molecule has 11 heteroatoms. The van der Waals surface area contributed by atoms with E-state index < -0.39 is 5.60 Å². The summed E-state index contributed by atoms with van der Waals surface area (Å²) in [6.45, 7) is 7.55. The molecule has 0 aromatic carbocycles. The first-order valence-electron chi connectivity index (χ1n) is 10.2. The van der Waals surface area contributed by atoms with Crippen molar-refractivity contribution in [1.29, 1.82) is 0 Å². The Kier molecular flexibility index (Phi) is 4.43. The van der Waals surface area contributed by atoms with Gasteiger partial charge in [0.1, 0.15) is 12.0 Å². The van der Waals surface area contributed by atoms with E-state index in [4.69, 9.17) is 15.1 Å². The number of aliphatic hydroxyl groups is 1. The maximum Gasteiger partial charge on any atom is 0.245 e. The zero-order valence-electron chi connectivity index (χ0n) is 17.7. The summed E-state index contributed by atoms with van der Waals surface area (Å²) in [4.78, 5) is 15.6. The lowest BCUT2D eigenvalue weighted by molar-refractivity contribution is 0.0577. The van der Waals surface area contributed by atoms with E-state index in [1.54, 1.807) is 29.2 Å². The van der Waals surface area contributed by atoms with Crippen LogP contribution in [0.1, 0.15) is 37.6 Å². The van der Waals surface area contributed by atoms with Crippen LogP contribution in [0.4, 0.5) is 11.6 Å². The monoisotopic (exact) mass is 423 g/mol. The van der Waals surface area contributed by atoms with E-state index in [2.05, 4.69) is 25.1 Å². The van der Waals surface area contributed by atoms with Crippen LogP contribution in [0, 0.1) is 6.92 Å². The molecule has 0 bridgehead atoms. The number of aryl methyl sites for hydroxylation is 1. The Bertz CT molecular complexity index is 1220. The van der Waals surface area contributed by atoms with Gasteiger partial charge in [0.05, 0.1) is 30.2 Å². The van der Waals surface area contributed by atoms with Gasteiger partial charge in [-0.3, -0.25) is 4.68 Å². The van der Waals surface area contributed by atoms with Gasteiger partial charge in [-0.2, -0.15) is 9.61 Å². The summed E-state index contributed by atoms with van der Waals surface area (Å²) in [5, 5.41) is 19.0. The van der Waals surface area contributed by atoms with Crippen molar-refractivity contribution in [2.75, 3.05) is 23.7 Å². The molecular weight excluding hydrogens is 398 g/mol. The molecule has 11 nitrogen and oxygen atoms in total. The van der Waals surface area contributed by atoms with Crippen LogP contribution in [-0.4, -0.2) is 58.1 Å². The molecule has 1 unspecified atom stereocenters. The van der Waals surface area contributed by atoms with Crippen LogP contribution >= 0.6 is 0 Å². The van der Waals surface area contributed by atoms with Crippen LogP contribution < -0.4 is 10.6 Å². The van der Waals surface area contributed by atoms with Crippen molar-refractivity contribution in [2.24, 2.45) is 0 Å². The first-order valence-corrected chi connectivity index (χ1v) is 10.2. The summed E-state index contributed by atoms with van der Waals surface area (Å²) in [6, 6.07) is 0. The summed E-state index contributed by atoms with van der Waals surface area (Å²) in [5.41, 5.74) is 8.42. The normalized spacial score (nSPS) is 17.2. The molecule has 1 atom stereocenters. The fourth-order valence-electron chi connectivity index (χ4n) is 4.01. The third kappa shape index (κ3) is 3.61. The van der Waals surface area contributed by atoms with Crippen LogP contribution in [-0.2, 0) is 6.54 Å². The van der Waals surface area contributed by atoms with Crippen molar-refractivity contribution in [3.05, 3.63) is 36.2 Å². The standard InChI is InChI=1S/C20H25N9O2/c1-12-15(18-22-5-7-31-18)24-19(21)29-17(12)25-16(26-29)13-4-6-27(9-13)14-8-23-28(10-14)11-20(2,3)30/h5,7-8,10,13,30H,4,6,9,11H2,1-3H3,(H2,21,24). The van der Waals surface area contributed by atoms with Crippen LogP contribution in [0.15, 0.2) is 29.3 Å². The highest BCUT2D eigenvalue weighted by Crippen LogP contribution is 2.31. The number of oxazole rings is 1.